The van der Waals surface area contributed by atoms with Crippen molar-refractivity contribution in [3.05, 3.63) is 94.1 Å². The van der Waals surface area contributed by atoms with Gasteiger partial charge in [0.1, 0.15) is 17.1 Å². The van der Waals surface area contributed by atoms with E-state index >= 15 is 0 Å². The van der Waals surface area contributed by atoms with E-state index in [9.17, 15) is 35.6 Å². The lowest BCUT2D eigenvalue weighted by atomic mass is 10.0. The molecule has 1 amide bonds. The molecule has 0 spiro atoms. The van der Waals surface area contributed by atoms with Crippen molar-refractivity contribution in [3.8, 4) is 16.9 Å². The van der Waals surface area contributed by atoms with Gasteiger partial charge in [0.2, 0.25) is 5.91 Å². The maximum Gasteiger partial charge on any atom is 0.419 e. The predicted octanol–water partition coefficient (Wildman–Crippen LogP) is 4.38. The van der Waals surface area contributed by atoms with E-state index < -0.39 is 45.8 Å². The Kier molecular flexibility index (Phi) is 6.76. The molecule has 3 aromatic carbocycles. The summed E-state index contributed by atoms with van der Waals surface area (Å²) in [5.74, 6) is -2.20. The van der Waals surface area contributed by atoms with Crippen LogP contribution in [0.25, 0.3) is 22.1 Å². The number of carbonyl (C=O) groups excluding carboxylic acids is 1. The molecule has 0 fully saturated rings. The first-order valence-electron chi connectivity index (χ1n) is 10.3. The first kappa shape index (κ1) is 25.9. The normalized spacial score (nSPS) is 11.9. The van der Waals surface area contributed by atoms with E-state index in [-0.39, 0.29) is 22.5 Å². The molecule has 0 aliphatic heterocycles. The second-order valence-corrected chi connectivity index (χ2v) is 8.99. The van der Waals surface area contributed by atoms with Crippen LogP contribution < -0.4 is 20.3 Å². The molecular weight excluding hydrogens is 520 g/mol. The van der Waals surface area contributed by atoms with Crippen LogP contribution in [0.3, 0.4) is 0 Å². The van der Waals surface area contributed by atoms with Crippen LogP contribution in [-0.2, 0) is 27.7 Å². The van der Waals surface area contributed by atoms with Gasteiger partial charge < -0.3 is 13.9 Å². The van der Waals surface area contributed by atoms with Gasteiger partial charge in [-0.3, -0.25) is 4.79 Å². The van der Waals surface area contributed by atoms with Gasteiger partial charge in [0.25, 0.3) is 0 Å². The van der Waals surface area contributed by atoms with E-state index in [4.69, 9.17) is 9.56 Å². The molecule has 1 aromatic heterocycles. The molecule has 37 heavy (non-hydrogen) atoms. The van der Waals surface area contributed by atoms with E-state index in [0.29, 0.717) is 28.8 Å². The molecule has 8 nitrogen and oxygen atoms in total. The van der Waals surface area contributed by atoms with Gasteiger partial charge in [-0.05, 0) is 53.6 Å². The van der Waals surface area contributed by atoms with E-state index in [1.165, 1.54) is 48.5 Å². The number of alkyl halides is 3. The molecule has 0 unspecified atom stereocenters. The van der Waals surface area contributed by atoms with E-state index in [1.807, 2.05) is 0 Å². The third-order valence-electron chi connectivity index (χ3n) is 5.10. The van der Waals surface area contributed by atoms with Crippen molar-refractivity contribution >= 4 is 32.9 Å². The Morgan fingerprint density at radius 3 is 2.35 bits per heavy atom. The minimum absolute atomic E-state index is 0.0192. The Morgan fingerprint density at radius 1 is 1.00 bits per heavy atom. The topological polar surface area (TPSA) is 129 Å². The summed E-state index contributed by atoms with van der Waals surface area (Å²) in [4.78, 5) is 24.8. The van der Waals surface area contributed by atoms with Gasteiger partial charge in [-0.15, -0.1) is 0 Å². The van der Waals surface area contributed by atoms with Crippen LogP contribution in [0.5, 0.6) is 5.75 Å². The van der Waals surface area contributed by atoms with Crippen LogP contribution >= 0.6 is 0 Å². The monoisotopic (exact) mass is 536 g/mol. The van der Waals surface area contributed by atoms with E-state index in [1.54, 1.807) is 0 Å². The van der Waals surface area contributed by atoms with Crippen molar-refractivity contribution < 1.29 is 39.4 Å². The molecule has 0 aliphatic carbocycles. The summed E-state index contributed by atoms with van der Waals surface area (Å²) >= 11 is 0. The van der Waals surface area contributed by atoms with Gasteiger partial charge in [0.05, 0.1) is 17.5 Å². The average molecular weight is 536 g/mol. The lowest BCUT2D eigenvalue weighted by Crippen LogP contribution is -2.18. The SMILES string of the molecule is NS(=O)(=O)Oc1ccc2cc(-c3ccc(NC(=O)Cc4ccc(F)c(C(F)(F)F)c4)cc3)c(=O)oc2c1. The highest BCUT2D eigenvalue weighted by molar-refractivity contribution is 7.84. The number of hydrogen-bond acceptors (Lipinski definition) is 6. The van der Waals surface area contributed by atoms with Crippen LogP contribution in [-0.4, -0.2) is 14.3 Å². The summed E-state index contributed by atoms with van der Waals surface area (Å²) in [5.41, 5.74) is -1.22. The molecule has 0 bridgehead atoms. The first-order valence-corrected chi connectivity index (χ1v) is 11.8. The summed E-state index contributed by atoms with van der Waals surface area (Å²) in [6.07, 6.45) is -5.31. The fourth-order valence-electron chi connectivity index (χ4n) is 3.50. The highest BCUT2D eigenvalue weighted by atomic mass is 32.2. The molecule has 0 aliphatic rings. The van der Waals surface area contributed by atoms with Gasteiger partial charge >= 0.3 is 22.1 Å². The summed E-state index contributed by atoms with van der Waals surface area (Å²) in [6, 6.07) is 13.8. The van der Waals surface area contributed by atoms with Gasteiger partial charge in [-0.25, -0.2) is 9.18 Å². The van der Waals surface area contributed by atoms with Crippen LogP contribution in [0.15, 0.2) is 75.9 Å². The highest BCUT2D eigenvalue weighted by Gasteiger charge is 2.34. The molecule has 0 atom stereocenters. The number of carbonyl (C=O) groups is 1. The smallest absolute Gasteiger partial charge is 0.419 e. The Bertz CT molecular complexity index is 1670. The number of halogens is 4. The van der Waals surface area contributed by atoms with Crippen LogP contribution in [0.1, 0.15) is 11.1 Å². The molecule has 0 saturated heterocycles. The van der Waals surface area contributed by atoms with E-state index in [2.05, 4.69) is 9.50 Å². The number of rotatable bonds is 6. The Hall–Kier alpha value is -4.23. The molecule has 0 saturated carbocycles. The van der Waals surface area contributed by atoms with Gasteiger partial charge in [0.15, 0.2) is 0 Å². The number of hydrogen-bond donors (Lipinski definition) is 2. The molecule has 4 aromatic rings. The zero-order valence-corrected chi connectivity index (χ0v) is 19.3. The number of benzene rings is 3. The van der Waals surface area contributed by atoms with E-state index in [0.717, 1.165) is 6.07 Å². The van der Waals surface area contributed by atoms with Crippen molar-refractivity contribution in [2.24, 2.45) is 5.14 Å². The molecule has 1 heterocycles. The Balaban J connectivity index is 1.50. The quantitative estimate of drug-likeness (QED) is 0.278. The van der Waals surface area contributed by atoms with Crippen molar-refractivity contribution in [2.45, 2.75) is 12.6 Å². The number of anilines is 1. The zero-order valence-electron chi connectivity index (χ0n) is 18.5. The Labute approximate surface area is 206 Å². The summed E-state index contributed by atoms with van der Waals surface area (Å²) in [7, 11) is -4.26. The average Bonchev–Trinajstić information content (AvgIpc) is 2.78. The highest BCUT2D eigenvalue weighted by Crippen LogP contribution is 2.32. The molecule has 13 heteroatoms. The molecule has 4 rings (SSSR count). The predicted molar refractivity (Wildman–Crippen MR) is 125 cm³/mol. The summed E-state index contributed by atoms with van der Waals surface area (Å²) in [5, 5.41) is 7.81. The largest absolute Gasteiger partial charge is 0.422 e. The van der Waals surface area contributed by atoms with Crippen molar-refractivity contribution in [1.29, 1.82) is 0 Å². The number of amides is 1. The third kappa shape index (κ3) is 6.32. The van der Waals surface area contributed by atoms with Crippen LogP contribution in [0, 0.1) is 5.82 Å². The maximum absolute atomic E-state index is 13.4. The molecule has 0 radical (unpaired) electrons. The van der Waals surface area contributed by atoms with Crippen LogP contribution in [0.4, 0.5) is 23.2 Å². The second-order valence-electron chi connectivity index (χ2n) is 7.84. The van der Waals surface area contributed by atoms with Gasteiger partial charge in [-0.2, -0.15) is 26.7 Å². The summed E-state index contributed by atoms with van der Waals surface area (Å²) < 4.78 is 84.0. The van der Waals surface area contributed by atoms with Crippen LogP contribution in [0.2, 0.25) is 0 Å². The van der Waals surface area contributed by atoms with Gasteiger partial charge in [-0.1, -0.05) is 18.2 Å². The number of nitrogens with two attached hydrogens (primary N) is 1. The second kappa shape index (κ2) is 9.67. The molecule has 3 N–H and O–H groups in total. The van der Waals surface area contributed by atoms with Gasteiger partial charge in [0, 0.05) is 17.1 Å². The fraction of sp³-hybridized carbons (Fsp3) is 0.0833. The van der Waals surface area contributed by atoms with Crippen molar-refractivity contribution in [3.63, 3.8) is 0 Å². The lowest BCUT2D eigenvalue weighted by molar-refractivity contribution is -0.140. The molecular formula is C24H16F4N2O6S. The van der Waals surface area contributed by atoms with Crippen molar-refractivity contribution in [2.75, 3.05) is 5.32 Å². The fourth-order valence-corrected chi connectivity index (χ4v) is 3.87. The molecule has 192 valence electrons. The lowest BCUT2D eigenvalue weighted by Gasteiger charge is -2.11. The zero-order chi connectivity index (χ0) is 27.0. The van der Waals surface area contributed by atoms with Crippen molar-refractivity contribution in [1.82, 2.24) is 0 Å². The maximum atomic E-state index is 13.4. The minimum Gasteiger partial charge on any atom is -0.422 e. The number of nitrogens with one attached hydrogen (secondary N) is 1. The Morgan fingerprint density at radius 2 is 1.70 bits per heavy atom. The standard InChI is InChI=1S/C24H16F4N2O6S/c25-20-8-1-13(9-19(20)24(26,27)28)10-22(31)30-16-5-2-14(3-6-16)18-11-15-4-7-17(36-37(29,33)34)12-21(15)35-23(18)32/h1-9,11-12H,10H2,(H,30,31)(H2,29,33,34). The first-order chi connectivity index (χ1) is 17.3. The third-order valence-corrected chi connectivity index (χ3v) is 5.53. The number of fused-ring (bicyclic) bond motifs is 1. The summed E-state index contributed by atoms with van der Waals surface area (Å²) in [6.45, 7) is 0. The minimum atomic E-state index is -4.89.